The Morgan fingerprint density at radius 3 is 2.12 bits per heavy atom. The molecular weight excluding hydrogens is 490 g/mol. The average molecular weight is 512 g/mol. The zero-order valence-electron chi connectivity index (χ0n) is 21.4. The molecule has 0 bridgehead atoms. The maximum atomic E-state index is 6.17. The van der Waals surface area contributed by atoms with E-state index >= 15 is 0 Å². The number of furan rings is 1. The number of aromatic nitrogens is 3. The van der Waals surface area contributed by atoms with Gasteiger partial charge < -0.3 is 4.42 Å². The van der Waals surface area contributed by atoms with Crippen LogP contribution >= 0.6 is 0 Å². The number of fused-ring (bicyclic) bond motifs is 9. The van der Waals surface area contributed by atoms with E-state index in [4.69, 9.17) is 9.40 Å². The van der Waals surface area contributed by atoms with Gasteiger partial charge in [0.25, 0.3) is 0 Å². The van der Waals surface area contributed by atoms with Crippen LogP contribution in [-0.4, -0.2) is 14.4 Å². The molecule has 4 nitrogen and oxygen atoms in total. The Labute approximate surface area is 228 Å². The molecule has 0 saturated carbocycles. The molecule has 0 spiro atoms. The third-order valence-electron chi connectivity index (χ3n) is 8.02. The fraction of sp³-hybridized carbons (Fsp3) is 0. The number of benzene rings is 5. The van der Waals surface area contributed by atoms with E-state index in [1.165, 1.54) is 32.7 Å². The molecule has 0 N–H and O–H groups in total. The molecule has 0 saturated heterocycles. The average Bonchev–Trinajstić information content (AvgIpc) is 3.56. The fourth-order valence-electron chi connectivity index (χ4n) is 5.96. The number of rotatable bonds is 2. The van der Waals surface area contributed by atoms with Gasteiger partial charge in [0.05, 0.1) is 5.52 Å². The van der Waals surface area contributed by atoms with Gasteiger partial charge in [-0.15, -0.1) is 0 Å². The topological polar surface area (TPSA) is 43.3 Å². The Morgan fingerprint density at radius 1 is 0.550 bits per heavy atom. The molecule has 40 heavy (non-hydrogen) atoms. The minimum atomic E-state index is 0.779. The van der Waals surface area contributed by atoms with Gasteiger partial charge in [-0.05, 0) is 86.9 Å². The first-order valence-corrected chi connectivity index (χ1v) is 13.4. The van der Waals surface area contributed by atoms with Crippen molar-refractivity contribution in [2.45, 2.75) is 0 Å². The van der Waals surface area contributed by atoms with Crippen LogP contribution < -0.4 is 0 Å². The molecule has 4 aromatic heterocycles. The fourth-order valence-corrected chi connectivity index (χ4v) is 5.96. The quantitative estimate of drug-likeness (QED) is 0.217. The predicted octanol–water partition coefficient (Wildman–Crippen LogP) is 9.42. The minimum absolute atomic E-state index is 0.779. The van der Waals surface area contributed by atoms with Gasteiger partial charge in [-0.3, -0.25) is 9.38 Å². The highest BCUT2D eigenvalue weighted by molar-refractivity contribution is 6.07. The van der Waals surface area contributed by atoms with Crippen molar-refractivity contribution in [3.8, 4) is 22.3 Å². The van der Waals surface area contributed by atoms with Crippen molar-refractivity contribution in [2.75, 3.05) is 0 Å². The molecular formula is C36H21N3O. The van der Waals surface area contributed by atoms with Crippen LogP contribution in [0.5, 0.6) is 0 Å². The summed E-state index contributed by atoms with van der Waals surface area (Å²) in [7, 11) is 0. The molecule has 0 aliphatic carbocycles. The Morgan fingerprint density at radius 2 is 1.25 bits per heavy atom. The second-order valence-corrected chi connectivity index (χ2v) is 10.4. The van der Waals surface area contributed by atoms with E-state index in [1.54, 1.807) is 0 Å². The molecule has 9 aromatic rings. The van der Waals surface area contributed by atoms with Gasteiger partial charge in [-0.1, -0.05) is 66.7 Å². The van der Waals surface area contributed by atoms with Crippen molar-refractivity contribution in [1.29, 1.82) is 0 Å². The van der Waals surface area contributed by atoms with Gasteiger partial charge in [0.15, 0.2) is 0 Å². The van der Waals surface area contributed by atoms with Crippen molar-refractivity contribution in [3.05, 3.63) is 128 Å². The van der Waals surface area contributed by atoms with Gasteiger partial charge in [-0.25, -0.2) is 4.98 Å². The number of hydrogen-bond acceptors (Lipinski definition) is 3. The lowest BCUT2D eigenvalue weighted by Gasteiger charge is -2.09. The van der Waals surface area contributed by atoms with Gasteiger partial charge in [-0.2, -0.15) is 0 Å². The number of para-hydroxylation sites is 1. The van der Waals surface area contributed by atoms with Crippen LogP contribution in [0.15, 0.2) is 132 Å². The van der Waals surface area contributed by atoms with Crippen LogP contribution in [0.1, 0.15) is 0 Å². The number of imidazole rings is 1. The molecule has 0 unspecified atom stereocenters. The molecule has 186 valence electrons. The Bertz CT molecular complexity index is 2450. The summed E-state index contributed by atoms with van der Waals surface area (Å²) < 4.78 is 8.22. The van der Waals surface area contributed by atoms with Gasteiger partial charge >= 0.3 is 0 Å². The number of pyridine rings is 2. The molecule has 4 heteroatoms. The summed E-state index contributed by atoms with van der Waals surface area (Å²) in [6.07, 6.45) is 4.07. The van der Waals surface area contributed by atoms with Gasteiger partial charge in [0.2, 0.25) is 5.71 Å². The van der Waals surface area contributed by atoms with Crippen LogP contribution in [0.25, 0.3) is 82.5 Å². The molecule has 0 amide bonds. The molecule has 4 heterocycles. The summed E-state index contributed by atoms with van der Waals surface area (Å²) in [5.74, 6) is 0. The number of nitrogens with zero attached hydrogens (tertiary/aromatic N) is 3. The summed E-state index contributed by atoms with van der Waals surface area (Å²) in [6, 6.07) is 40.6. The SMILES string of the molecule is c1ccc2c(c1)cnc1ccc(-c3ccc4cc(-c5ccc6nc7c8ccccc8oc7n6c5)ccc4c3)cc12. The molecule has 0 aliphatic heterocycles. The molecule has 9 rings (SSSR count). The lowest BCUT2D eigenvalue weighted by molar-refractivity contribution is 0.649. The second kappa shape index (κ2) is 8.01. The van der Waals surface area contributed by atoms with E-state index in [1.807, 2.05) is 24.4 Å². The third kappa shape index (κ3) is 3.13. The predicted molar refractivity (Wildman–Crippen MR) is 164 cm³/mol. The minimum Gasteiger partial charge on any atom is -0.437 e. The van der Waals surface area contributed by atoms with Crippen molar-refractivity contribution < 1.29 is 4.42 Å². The largest absolute Gasteiger partial charge is 0.437 e. The zero-order chi connectivity index (χ0) is 26.2. The summed E-state index contributed by atoms with van der Waals surface area (Å²) in [5.41, 5.74) is 9.10. The summed E-state index contributed by atoms with van der Waals surface area (Å²) in [5, 5.41) is 7.02. The third-order valence-corrected chi connectivity index (χ3v) is 8.02. The van der Waals surface area contributed by atoms with Crippen LogP contribution in [0.3, 0.4) is 0 Å². The van der Waals surface area contributed by atoms with Crippen molar-refractivity contribution in [2.24, 2.45) is 0 Å². The summed E-state index contributed by atoms with van der Waals surface area (Å²) in [6.45, 7) is 0. The first-order chi connectivity index (χ1) is 19.8. The molecule has 0 atom stereocenters. The highest BCUT2D eigenvalue weighted by Crippen LogP contribution is 2.33. The van der Waals surface area contributed by atoms with Gasteiger partial charge in [0.1, 0.15) is 16.7 Å². The lowest BCUT2D eigenvalue weighted by Crippen LogP contribution is -1.87. The maximum absolute atomic E-state index is 6.17. The van der Waals surface area contributed by atoms with E-state index in [0.29, 0.717) is 0 Å². The van der Waals surface area contributed by atoms with Crippen LogP contribution in [0, 0.1) is 0 Å². The summed E-state index contributed by atoms with van der Waals surface area (Å²) in [4.78, 5) is 9.49. The second-order valence-electron chi connectivity index (χ2n) is 10.4. The Hall–Kier alpha value is -5.48. The first-order valence-electron chi connectivity index (χ1n) is 13.4. The normalized spacial score (nSPS) is 12.0. The van der Waals surface area contributed by atoms with E-state index < -0.39 is 0 Å². The highest BCUT2D eigenvalue weighted by Gasteiger charge is 2.14. The Balaban J connectivity index is 1.13. The monoisotopic (exact) mass is 511 g/mol. The van der Waals surface area contributed by atoms with E-state index in [2.05, 4.69) is 113 Å². The van der Waals surface area contributed by atoms with E-state index in [0.717, 1.165) is 49.9 Å². The number of hydrogen-bond donors (Lipinski definition) is 0. The van der Waals surface area contributed by atoms with Crippen LogP contribution in [0.4, 0.5) is 0 Å². The molecule has 0 fully saturated rings. The zero-order valence-corrected chi connectivity index (χ0v) is 21.4. The standard InChI is InChI=1S/C36H21N3O/c1-2-6-29-27(5-1)20-37-32-15-13-26(19-31(29)32)24-10-9-23-18-25(12-11-22(23)17-24)28-14-16-34-38-35-30-7-3-4-8-33(30)40-36(35)39(34)21-28/h1-21H. The van der Waals surface area contributed by atoms with Crippen LogP contribution in [0.2, 0.25) is 0 Å². The van der Waals surface area contributed by atoms with E-state index in [-0.39, 0.29) is 0 Å². The Kier molecular flexibility index (Phi) is 4.30. The van der Waals surface area contributed by atoms with Crippen LogP contribution in [-0.2, 0) is 0 Å². The van der Waals surface area contributed by atoms with Crippen molar-refractivity contribution in [1.82, 2.24) is 14.4 Å². The van der Waals surface area contributed by atoms with Gasteiger partial charge in [0, 0.05) is 28.6 Å². The summed E-state index contributed by atoms with van der Waals surface area (Å²) >= 11 is 0. The smallest absolute Gasteiger partial charge is 0.232 e. The molecule has 0 radical (unpaired) electrons. The highest BCUT2D eigenvalue weighted by atomic mass is 16.3. The molecule has 0 aliphatic rings. The molecule has 5 aromatic carbocycles. The lowest BCUT2D eigenvalue weighted by atomic mass is 9.96. The maximum Gasteiger partial charge on any atom is 0.232 e. The van der Waals surface area contributed by atoms with E-state index in [9.17, 15) is 0 Å². The van der Waals surface area contributed by atoms with Crippen molar-refractivity contribution in [3.63, 3.8) is 0 Å². The first kappa shape index (κ1) is 21.5. The van der Waals surface area contributed by atoms with Crippen molar-refractivity contribution >= 4 is 60.3 Å².